The van der Waals surface area contributed by atoms with Crippen LogP contribution in [-0.4, -0.2) is 64.7 Å². The lowest BCUT2D eigenvalue weighted by Gasteiger charge is -2.40. The number of benzene rings is 2. The second kappa shape index (κ2) is 12.4. The van der Waals surface area contributed by atoms with Gasteiger partial charge in [-0.3, -0.25) is 19.2 Å². The maximum atomic E-state index is 15.1. The van der Waals surface area contributed by atoms with Gasteiger partial charge >= 0.3 is 36.2 Å². The van der Waals surface area contributed by atoms with Crippen molar-refractivity contribution in [2.75, 3.05) is 28.4 Å². The van der Waals surface area contributed by atoms with Gasteiger partial charge in [0.2, 0.25) is 5.41 Å². The van der Waals surface area contributed by atoms with Gasteiger partial charge in [0.1, 0.15) is 0 Å². The van der Waals surface area contributed by atoms with Crippen LogP contribution in [0, 0.1) is 23.7 Å². The fraction of sp³-hybridized carbons (Fsp3) is 0.484. The summed E-state index contributed by atoms with van der Waals surface area (Å²) in [5.74, 6) is -7.75. The molecular weight excluding hydrogens is 614 g/mol. The monoisotopic (exact) mass is 644 g/mol. The highest BCUT2D eigenvalue weighted by molar-refractivity contribution is 5.84. The molecule has 45 heavy (non-hydrogen) atoms. The molecule has 0 saturated carbocycles. The average molecular weight is 645 g/mol. The molecule has 0 bridgehead atoms. The van der Waals surface area contributed by atoms with Crippen molar-refractivity contribution in [2.45, 2.75) is 43.5 Å². The number of carbonyl (C=O) groups excluding carboxylic acids is 4. The normalized spacial score (nSPS) is 21.6. The molecule has 2 aromatic carbocycles. The Bertz CT molecular complexity index is 1390. The number of hydrogen-bond acceptors (Lipinski definition) is 8. The minimum Gasteiger partial charge on any atom is -0.469 e. The molecule has 4 atom stereocenters. The fourth-order valence-corrected chi connectivity index (χ4v) is 6.59. The van der Waals surface area contributed by atoms with Crippen molar-refractivity contribution in [3.63, 3.8) is 0 Å². The van der Waals surface area contributed by atoms with Gasteiger partial charge in [0.25, 0.3) is 0 Å². The van der Waals surface area contributed by atoms with Crippen molar-refractivity contribution in [2.24, 2.45) is 23.7 Å². The third-order valence-electron chi connectivity index (χ3n) is 8.88. The summed E-state index contributed by atoms with van der Waals surface area (Å²) in [6.07, 6.45) is -12.9. The van der Waals surface area contributed by atoms with Gasteiger partial charge in [-0.15, -0.1) is 0 Å². The Morgan fingerprint density at radius 3 is 1.02 bits per heavy atom. The molecule has 4 rings (SSSR count). The number of halogens is 6. The summed E-state index contributed by atoms with van der Waals surface area (Å²) in [6, 6.07) is 5.15. The molecule has 0 radical (unpaired) electrons. The quantitative estimate of drug-likeness (QED) is 0.258. The van der Waals surface area contributed by atoms with Crippen LogP contribution in [0.15, 0.2) is 36.4 Å². The van der Waals surface area contributed by atoms with Crippen molar-refractivity contribution >= 4 is 23.9 Å². The van der Waals surface area contributed by atoms with E-state index in [1.165, 1.54) is 0 Å². The molecule has 2 aliphatic carbocycles. The number of hydrogen-bond donors (Lipinski definition) is 0. The number of rotatable bonds is 6. The SMILES string of the molecule is COC(=O)C1Cc2ccc(C(c3ccc4c(c3)CC(C(=O)OC)C(C(=O)OC)C4)(C(F)(F)F)C(F)(F)F)cc2CC1C(=O)OC. The number of alkyl halides is 6. The molecule has 2 aromatic rings. The highest BCUT2D eigenvalue weighted by Crippen LogP contribution is 2.57. The van der Waals surface area contributed by atoms with Crippen LogP contribution in [0.4, 0.5) is 26.3 Å². The Balaban J connectivity index is 1.90. The van der Waals surface area contributed by atoms with Gasteiger partial charge in [0, 0.05) is 0 Å². The Morgan fingerprint density at radius 1 is 0.511 bits per heavy atom. The topological polar surface area (TPSA) is 105 Å². The van der Waals surface area contributed by atoms with Crippen LogP contribution in [0.3, 0.4) is 0 Å². The molecule has 0 saturated heterocycles. The van der Waals surface area contributed by atoms with E-state index in [4.69, 9.17) is 18.9 Å². The van der Waals surface area contributed by atoms with Crippen LogP contribution < -0.4 is 0 Å². The molecular formula is C31H30F6O8. The van der Waals surface area contributed by atoms with E-state index in [0.717, 1.165) is 64.8 Å². The van der Waals surface area contributed by atoms with E-state index in [1.54, 1.807) is 0 Å². The second-order valence-corrected chi connectivity index (χ2v) is 11.0. The minimum atomic E-state index is -5.91. The number of ether oxygens (including phenoxy) is 4. The summed E-state index contributed by atoms with van der Waals surface area (Å²) in [5, 5.41) is 0. The van der Waals surface area contributed by atoms with E-state index >= 15 is 26.3 Å². The van der Waals surface area contributed by atoms with Crippen molar-refractivity contribution in [3.8, 4) is 0 Å². The fourth-order valence-electron chi connectivity index (χ4n) is 6.59. The largest absolute Gasteiger partial charge is 0.469 e. The zero-order valence-electron chi connectivity index (χ0n) is 24.6. The molecule has 0 spiro atoms. The molecule has 0 aromatic heterocycles. The Hall–Kier alpha value is -4.10. The smallest absolute Gasteiger partial charge is 0.411 e. The first-order valence-corrected chi connectivity index (χ1v) is 13.7. The Kier molecular flexibility index (Phi) is 9.28. The summed E-state index contributed by atoms with van der Waals surface area (Å²) in [4.78, 5) is 49.7. The van der Waals surface area contributed by atoms with Gasteiger partial charge < -0.3 is 18.9 Å². The molecule has 2 aliphatic rings. The van der Waals surface area contributed by atoms with E-state index in [1.807, 2.05) is 0 Å². The first kappa shape index (κ1) is 33.8. The number of esters is 4. The molecule has 0 fully saturated rings. The summed E-state index contributed by atoms with van der Waals surface area (Å²) in [5.41, 5.74) is -6.20. The van der Waals surface area contributed by atoms with Crippen molar-refractivity contribution in [1.82, 2.24) is 0 Å². The molecule has 0 aliphatic heterocycles. The summed E-state index contributed by atoms with van der Waals surface area (Å²) in [6.45, 7) is 0. The van der Waals surface area contributed by atoms with Crippen LogP contribution in [0.2, 0.25) is 0 Å². The summed E-state index contributed by atoms with van der Waals surface area (Å²) >= 11 is 0. The van der Waals surface area contributed by atoms with E-state index in [9.17, 15) is 19.2 Å². The van der Waals surface area contributed by atoms with Gasteiger partial charge in [-0.25, -0.2) is 0 Å². The predicted octanol–water partition coefficient (Wildman–Crippen LogP) is 4.45. The minimum absolute atomic E-state index is 0.0190. The van der Waals surface area contributed by atoms with Crippen LogP contribution >= 0.6 is 0 Å². The summed E-state index contributed by atoms with van der Waals surface area (Å²) in [7, 11) is 4.29. The highest BCUT2D eigenvalue weighted by Gasteiger charge is 2.72. The van der Waals surface area contributed by atoms with E-state index in [-0.39, 0.29) is 47.9 Å². The van der Waals surface area contributed by atoms with E-state index < -0.39 is 76.4 Å². The molecule has 14 heteroatoms. The third kappa shape index (κ3) is 5.74. The molecule has 0 N–H and O–H groups in total. The van der Waals surface area contributed by atoms with Crippen molar-refractivity contribution in [1.29, 1.82) is 0 Å². The van der Waals surface area contributed by atoms with Gasteiger partial charge in [-0.1, -0.05) is 36.4 Å². The Morgan fingerprint density at radius 2 is 0.778 bits per heavy atom. The van der Waals surface area contributed by atoms with E-state index in [2.05, 4.69) is 0 Å². The molecule has 4 unspecified atom stereocenters. The predicted molar refractivity (Wildman–Crippen MR) is 143 cm³/mol. The number of methoxy groups -OCH3 is 4. The van der Waals surface area contributed by atoms with Crippen molar-refractivity contribution < 1.29 is 64.5 Å². The maximum absolute atomic E-state index is 15.1. The highest BCUT2D eigenvalue weighted by atomic mass is 19.4. The zero-order chi connectivity index (χ0) is 33.5. The molecule has 244 valence electrons. The van der Waals surface area contributed by atoms with Gasteiger partial charge in [-0.05, 0) is 59.1 Å². The number of fused-ring (bicyclic) bond motifs is 2. The van der Waals surface area contributed by atoms with Gasteiger partial charge in [-0.2, -0.15) is 26.3 Å². The maximum Gasteiger partial charge on any atom is 0.411 e. The molecule has 0 heterocycles. The second-order valence-electron chi connectivity index (χ2n) is 11.0. The van der Waals surface area contributed by atoms with E-state index in [0.29, 0.717) is 0 Å². The zero-order valence-corrected chi connectivity index (χ0v) is 24.6. The molecule has 8 nitrogen and oxygen atoms in total. The van der Waals surface area contributed by atoms with Crippen LogP contribution in [-0.2, 0) is 69.2 Å². The van der Waals surface area contributed by atoms with Crippen LogP contribution in [0.25, 0.3) is 0 Å². The van der Waals surface area contributed by atoms with Crippen LogP contribution in [0.5, 0.6) is 0 Å². The first-order chi connectivity index (χ1) is 21.0. The lowest BCUT2D eigenvalue weighted by Crippen LogP contribution is -2.55. The molecule has 0 amide bonds. The Labute approximate surface area is 254 Å². The van der Waals surface area contributed by atoms with Crippen molar-refractivity contribution in [3.05, 3.63) is 69.8 Å². The van der Waals surface area contributed by atoms with Crippen LogP contribution in [0.1, 0.15) is 33.4 Å². The lowest BCUT2D eigenvalue weighted by molar-refractivity contribution is -0.288. The lowest BCUT2D eigenvalue weighted by atomic mass is 9.68. The average Bonchev–Trinajstić information content (AvgIpc) is 3.00. The van der Waals surface area contributed by atoms with Gasteiger partial charge in [0.05, 0.1) is 52.1 Å². The standard InChI is InChI=1S/C31H30F6O8/c1-42-25(38)21-11-15-5-7-19(9-17(15)13-23(21)27(40)44-3)29(30(32,33)34,31(35,36)37)20-8-6-16-12-22(26(39)43-2)24(28(41)45-4)14-18(16)10-20/h5-10,21-24H,11-14H2,1-4H3. The summed E-state index contributed by atoms with van der Waals surface area (Å²) < 4.78 is 109. The first-order valence-electron chi connectivity index (χ1n) is 13.7. The third-order valence-corrected chi connectivity index (χ3v) is 8.88. The number of carbonyl (C=O) groups is 4. The van der Waals surface area contributed by atoms with Gasteiger partial charge in [0.15, 0.2) is 0 Å².